The standard InChI is InChI=1S/C19H26N6O2/c1-20-18(26)24-9-3-5-16(12-24)25(15-6-7-15)19(27)22-11-14-10-13-4-2-8-21-17(13)23-14/h2,4,8,10,15-16H,3,5-7,9,11-12H2,1H3,(H,20,26)(H,21,23)(H,22,27). The molecule has 1 saturated carbocycles. The molecule has 1 aliphatic heterocycles. The minimum Gasteiger partial charge on any atom is -0.342 e. The van der Waals surface area contributed by atoms with Crippen LogP contribution in [-0.2, 0) is 6.54 Å². The monoisotopic (exact) mass is 370 g/mol. The largest absolute Gasteiger partial charge is 0.342 e. The van der Waals surface area contributed by atoms with E-state index in [9.17, 15) is 9.59 Å². The van der Waals surface area contributed by atoms with Crippen molar-refractivity contribution in [1.82, 2.24) is 30.4 Å². The van der Waals surface area contributed by atoms with E-state index in [2.05, 4.69) is 20.6 Å². The number of hydrogen-bond donors (Lipinski definition) is 3. The Kier molecular flexibility index (Phi) is 4.87. The predicted molar refractivity (Wildman–Crippen MR) is 102 cm³/mol. The summed E-state index contributed by atoms with van der Waals surface area (Å²) in [7, 11) is 1.65. The first-order valence-corrected chi connectivity index (χ1v) is 9.61. The maximum Gasteiger partial charge on any atom is 0.318 e. The van der Waals surface area contributed by atoms with Crippen LogP contribution in [0.5, 0.6) is 0 Å². The average molecular weight is 370 g/mol. The van der Waals surface area contributed by atoms with E-state index in [1.165, 1.54) is 0 Å². The highest BCUT2D eigenvalue weighted by molar-refractivity contribution is 5.78. The van der Waals surface area contributed by atoms with Gasteiger partial charge in [-0.25, -0.2) is 14.6 Å². The van der Waals surface area contributed by atoms with Crippen LogP contribution in [0.3, 0.4) is 0 Å². The van der Waals surface area contributed by atoms with Crippen molar-refractivity contribution in [1.29, 1.82) is 0 Å². The third-order valence-corrected chi connectivity index (χ3v) is 5.34. The van der Waals surface area contributed by atoms with E-state index in [4.69, 9.17) is 0 Å². The normalized spacial score (nSPS) is 19.7. The lowest BCUT2D eigenvalue weighted by Gasteiger charge is -2.39. The van der Waals surface area contributed by atoms with E-state index in [0.717, 1.165) is 49.0 Å². The van der Waals surface area contributed by atoms with Crippen molar-refractivity contribution >= 4 is 23.1 Å². The van der Waals surface area contributed by atoms with E-state index in [1.807, 2.05) is 23.1 Å². The maximum atomic E-state index is 12.9. The number of H-pyrrole nitrogens is 1. The van der Waals surface area contributed by atoms with Gasteiger partial charge in [0, 0.05) is 43.5 Å². The van der Waals surface area contributed by atoms with Gasteiger partial charge in [0.15, 0.2) is 0 Å². The Hall–Kier alpha value is -2.77. The summed E-state index contributed by atoms with van der Waals surface area (Å²) < 4.78 is 0. The second kappa shape index (κ2) is 7.46. The molecule has 8 heteroatoms. The Balaban J connectivity index is 1.41. The summed E-state index contributed by atoms with van der Waals surface area (Å²) in [6.07, 6.45) is 5.69. The number of nitrogens with one attached hydrogen (secondary N) is 3. The summed E-state index contributed by atoms with van der Waals surface area (Å²) >= 11 is 0. The molecule has 4 amide bonds. The molecule has 0 radical (unpaired) electrons. The number of carbonyl (C=O) groups excluding carboxylic acids is 2. The van der Waals surface area contributed by atoms with Gasteiger partial charge in [-0.15, -0.1) is 0 Å². The molecule has 2 aromatic rings. The molecule has 1 atom stereocenters. The number of urea groups is 2. The molecule has 1 saturated heterocycles. The van der Waals surface area contributed by atoms with Crippen molar-refractivity contribution in [2.75, 3.05) is 20.1 Å². The van der Waals surface area contributed by atoms with Crippen LogP contribution in [0.25, 0.3) is 11.0 Å². The van der Waals surface area contributed by atoms with Crippen LogP contribution in [0.2, 0.25) is 0 Å². The molecule has 2 fully saturated rings. The number of nitrogens with zero attached hydrogens (tertiary/aromatic N) is 3. The fraction of sp³-hybridized carbons (Fsp3) is 0.526. The number of rotatable bonds is 4. The summed E-state index contributed by atoms with van der Waals surface area (Å²) in [5, 5.41) is 6.77. The average Bonchev–Trinajstić information content (AvgIpc) is 3.43. The highest BCUT2D eigenvalue weighted by atomic mass is 16.2. The number of piperidine rings is 1. The van der Waals surface area contributed by atoms with E-state index in [1.54, 1.807) is 18.1 Å². The number of pyridine rings is 1. The van der Waals surface area contributed by atoms with E-state index >= 15 is 0 Å². The van der Waals surface area contributed by atoms with Gasteiger partial charge in [0.2, 0.25) is 0 Å². The molecular formula is C19H26N6O2. The molecule has 0 aromatic carbocycles. The Morgan fingerprint density at radius 2 is 2.19 bits per heavy atom. The van der Waals surface area contributed by atoms with Crippen LogP contribution in [0.4, 0.5) is 9.59 Å². The van der Waals surface area contributed by atoms with E-state index in [-0.39, 0.29) is 18.1 Å². The summed E-state index contributed by atoms with van der Waals surface area (Å²) in [6.45, 7) is 1.78. The first kappa shape index (κ1) is 17.6. The molecule has 8 nitrogen and oxygen atoms in total. The van der Waals surface area contributed by atoms with Crippen LogP contribution < -0.4 is 10.6 Å². The molecule has 3 N–H and O–H groups in total. The number of aromatic nitrogens is 2. The Morgan fingerprint density at radius 3 is 2.93 bits per heavy atom. The van der Waals surface area contributed by atoms with Gasteiger partial charge in [-0.05, 0) is 43.9 Å². The highest BCUT2D eigenvalue weighted by Crippen LogP contribution is 2.31. The lowest BCUT2D eigenvalue weighted by atomic mass is 10.0. The molecule has 0 spiro atoms. The minimum absolute atomic E-state index is 0.0483. The zero-order valence-corrected chi connectivity index (χ0v) is 15.6. The third kappa shape index (κ3) is 3.84. The van der Waals surface area contributed by atoms with Gasteiger partial charge in [-0.3, -0.25) is 0 Å². The number of aromatic amines is 1. The second-order valence-electron chi connectivity index (χ2n) is 7.33. The molecule has 2 aromatic heterocycles. The maximum absolute atomic E-state index is 12.9. The number of likely N-dealkylation sites (tertiary alicyclic amines) is 1. The third-order valence-electron chi connectivity index (χ3n) is 5.34. The second-order valence-corrected chi connectivity index (χ2v) is 7.33. The molecule has 3 heterocycles. The number of hydrogen-bond acceptors (Lipinski definition) is 3. The Bertz CT molecular complexity index is 797. The molecule has 0 bridgehead atoms. The van der Waals surface area contributed by atoms with Crippen LogP contribution in [-0.4, -0.2) is 64.1 Å². The molecule has 1 unspecified atom stereocenters. The highest BCUT2D eigenvalue weighted by Gasteiger charge is 2.39. The zero-order chi connectivity index (χ0) is 18.8. The van der Waals surface area contributed by atoms with Gasteiger partial charge < -0.3 is 25.4 Å². The Morgan fingerprint density at radius 1 is 1.33 bits per heavy atom. The van der Waals surface area contributed by atoms with Gasteiger partial charge in [-0.1, -0.05) is 0 Å². The fourth-order valence-corrected chi connectivity index (χ4v) is 3.88. The van der Waals surface area contributed by atoms with Crippen LogP contribution in [0.15, 0.2) is 24.4 Å². The molecule has 27 heavy (non-hydrogen) atoms. The van der Waals surface area contributed by atoms with Crippen molar-refractivity contribution < 1.29 is 9.59 Å². The zero-order valence-electron chi connectivity index (χ0n) is 15.6. The summed E-state index contributed by atoms with van der Waals surface area (Å²) in [4.78, 5) is 36.2. The van der Waals surface area contributed by atoms with Gasteiger partial charge >= 0.3 is 12.1 Å². The van der Waals surface area contributed by atoms with Crippen LogP contribution in [0.1, 0.15) is 31.4 Å². The molecule has 144 valence electrons. The lowest BCUT2D eigenvalue weighted by Crippen LogP contribution is -2.56. The smallest absolute Gasteiger partial charge is 0.318 e. The summed E-state index contributed by atoms with van der Waals surface area (Å²) in [5.41, 5.74) is 1.76. The number of carbonyl (C=O) groups is 2. The number of amides is 4. The summed E-state index contributed by atoms with van der Waals surface area (Å²) in [5.74, 6) is 0. The van der Waals surface area contributed by atoms with Crippen LogP contribution in [0, 0.1) is 0 Å². The first-order chi connectivity index (χ1) is 13.2. The topological polar surface area (TPSA) is 93.4 Å². The Labute approximate surface area is 158 Å². The van der Waals surface area contributed by atoms with Crippen molar-refractivity contribution in [2.45, 2.75) is 44.3 Å². The minimum atomic E-state index is -0.0681. The van der Waals surface area contributed by atoms with E-state index < -0.39 is 0 Å². The molecule has 1 aliphatic carbocycles. The van der Waals surface area contributed by atoms with Crippen molar-refractivity contribution in [3.8, 4) is 0 Å². The van der Waals surface area contributed by atoms with Crippen LogP contribution >= 0.6 is 0 Å². The molecular weight excluding hydrogens is 344 g/mol. The lowest BCUT2D eigenvalue weighted by molar-refractivity contribution is 0.116. The predicted octanol–water partition coefficient (Wildman–Crippen LogP) is 2.04. The van der Waals surface area contributed by atoms with Crippen molar-refractivity contribution in [2.24, 2.45) is 0 Å². The van der Waals surface area contributed by atoms with Crippen molar-refractivity contribution in [3.63, 3.8) is 0 Å². The van der Waals surface area contributed by atoms with Gasteiger partial charge in [0.1, 0.15) is 5.65 Å². The number of fused-ring (bicyclic) bond motifs is 1. The first-order valence-electron chi connectivity index (χ1n) is 9.61. The van der Waals surface area contributed by atoms with Crippen molar-refractivity contribution in [3.05, 3.63) is 30.1 Å². The quantitative estimate of drug-likeness (QED) is 0.769. The SMILES string of the molecule is CNC(=O)N1CCCC(N(C(=O)NCc2cc3cccnc3[nH]2)C2CC2)C1. The van der Waals surface area contributed by atoms with Gasteiger partial charge in [0.25, 0.3) is 0 Å². The molecule has 4 rings (SSSR count). The fourth-order valence-electron chi connectivity index (χ4n) is 3.88. The summed E-state index contributed by atoms with van der Waals surface area (Å²) in [6, 6.07) is 6.16. The van der Waals surface area contributed by atoms with Gasteiger partial charge in [-0.2, -0.15) is 0 Å². The van der Waals surface area contributed by atoms with E-state index in [0.29, 0.717) is 19.1 Å². The molecule has 2 aliphatic rings. The van der Waals surface area contributed by atoms with Gasteiger partial charge in [0.05, 0.1) is 12.6 Å².